The molecule has 1 aromatic heterocycles. The lowest BCUT2D eigenvalue weighted by molar-refractivity contribution is -0.154. The summed E-state index contributed by atoms with van der Waals surface area (Å²) in [5.74, 6) is -1.24. The standard InChI is InChI=1S/C28H33BrF4N4O4/c1-26(2,3)27-10-9-16(37(27)25(39)40)12-36(13-27)23-18-11-17(22(38)15-7-5-4-6-8-15)19(29)20(30)21(18)34-24(35-23)41-14-28(31,32)33/h11,15-16H,4-10,12-14H2,1-3H3,(H,39,40)/t16-,27-/m0/s1. The van der Waals surface area contributed by atoms with Crippen molar-refractivity contribution in [3.8, 4) is 6.01 Å². The Bertz CT molecular complexity index is 1380. The molecule has 13 heteroatoms. The van der Waals surface area contributed by atoms with Gasteiger partial charge in [0.2, 0.25) is 0 Å². The lowest BCUT2D eigenvalue weighted by atomic mass is 9.71. The van der Waals surface area contributed by atoms with Gasteiger partial charge in [-0.1, -0.05) is 40.0 Å². The molecule has 41 heavy (non-hydrogen) atoms. The number of Topliss-reactive ketones (excluding diaryl/α,β-unsaturated/α-hetero) is 1. The third-order valence-electron chi connectivity index (χ3n) is 8.94. The number of nitrogens with zero attached hydrogens (tertiary/aromatic N) is 4. The number of fused-ring (bicyclic) bond motifs is 3. The molecule has 3 heterocycles. The Morgan fingerprint density at radius 3 is 2.44 bits per heavy atom. The van der Waals surface area contributed by atoms with E-state index >= 15 is 4.39 Å². The first-order valence-corrected chi connectivity index (χ1v) is 14.6. The minimum absolute atomic E-state index is 0.103. The van der Waals surface area contributed by atoms with Gasteiger partial charge in [-0.05, 0) is 53.1 Å². The molecule has 5 rings (SSSR count). The van der Waals surface area contributed by atoms with Gasteiger partial charge < -0.3 is 14.7 Å². The number of aromatic nitrogens is 2. The lowest BCUT2D eigenvalue weighted by Crippen LogP contribution is -2.68. The summed E-state index contributed by atoms with van der Waals surface area (Å²) in [5, 5.41) is 10.3. The molecular formula is C28H33BrF4N4O4. The summed E-state index contributed by atoms with van der Waals surface area (Å²) in [4.78, 5) is 37.5. The van der Waals surface area contributed by atoms with Crippen molar-refractivity contribution in [2.45, 2.75) is 83.5 Å². The molecule has 0 spiro atoms. The van der Waals surface area contributed by atoms with E-state index in [4.69, 9.17) is 4.74 Å². The Morgan fingerprint density at radius 2 is 1.83 bits per heavy atom. The monoisotopic (exact) mass is 644 g/mol. The van der Waals surface area contributed by atoms with E-state index in [0.29, 0.717) is 25.7 Å². The van der Waals surface area contributed by atoms with Crippen molar-refractivity contribution < 1.29 is 37.0 Å². The molecule has 1 saturated carbocycles. The van der Waals surface area contributed by atoms with Crippen molar-refractivity contribution in [3.63, 3.8) is 0 Å². The molecule has 224 valence electrons. The summed E-state index contributed by atoms with van der Waals surface area (Å²) >= 11 is 3.21. The van der Waals surface area contributed by atoms with Gasteiger partial charge in [-0.15, -0.1) is 0 Å². The molecular weight excluding hydrogens is 612 g/mol. The average Bonchev–Trinajstić information content (AvgIpc) is 3.16. The maximum absolute atomic E-state index is 15.9. The zero-order valence-electron chi connectivity index (χ0n) is 23.2. The topological polar surface area (TPSA) is 95.9 Å². The fourth-order valence-corrected chi connectivity index (χ4v) is 7.32. The van der Waals surface area contributed by atoms with E-state index in [1.165, 1.54) is 11.0 Å². The number of amides is 1. The van der Waals surface area contributed by atoms with E-state index in [-0.39, 0.29) is 51.5 Å². The molecule has 1 aromatic carbocycles. The van der Waals surface area contributed by atoms with Crippen molar-refractivity contribution in [2.24, 2.45) is 11.3 Å². The van der Waals surface area contributed by atoms with Gasteiger partial charge in [0, 0.05) is 30.0 Å². The highest BCUT2D eigenvalue weighted by Gasteiger charge is 2.59. The molecule has 3 fully saturated rings. The van der Waals surface area contributed by atoms with Crippen LogP contribution in [0.15, 0.2) is 10.5 Å². The summed E-state index contributed by atoms with van der Waals surface area (Å²) in [7, 11) is 0. The summed E-state index contributed by atoms with van der Waals surface area (Å²) in [6.45, 7) is 4.54. The van der Waals surface area contributed by atoms with Gasteiger partial charge in [-0.2, -0.15) is 23.1 Å². The highest BCUT2D eigenvalue weighted by Crippen LogP contribution is 2.51. The van der Waals surface area contributed by atoms with Crippen LogP contribution >= 0.6 is 15.9 Å². The predicted molar refractivity (Wildman–Crippen MR) is 147 cm³/mol. The van der Waals surface area contributed by atoms with Crippen molar-refractivity contribution >= 4 is 44.5 Å². The smallest absolute Gasteiger partial charge is 0.422 e. The first-order chi connectivity index (χ1) is 19.1. The summed E-state index contributed by atoms with van der Waals surface area (Å²) in [6.07, 6.45) is -0.298. The van der Waals surface area contributed by atoms with E-state index in [9.17, 15) is 27.9 Å². The number of ketones is 1. The molecule has 0 radical (unpaired) electrons. The largest absolute Gasteiger partial charge is 0.465 e. The van der Waals surface area contributed by atoms with Crippen LogP contribution in [0.3, 0.4) is 0 Å². The minimum Gasteiger partial charge on any atom is -0.465 e. The van der Waals surface area contributed by atoms with Gasteiger partial charge in [0.15, 0.2) is 18.2 Å². The second-order valence-corrected chi connectivity index (χ2v) is 13.2. The molecule has 2 aliphatic heterocycles. The molecule has 1 N–H and O–H groups in total. The van der Waals surface area contributed by atoms with Crippen molar-refractivity contribution in [1.82, 2.24) is 14.9 Å². The van der Waals surface area contributed by atoms with Gasteiger partial charge in [0.05, 0.1) is 16.1 Å². The number of hydrogen-bond donors (Lipinski definition) is 1. The number of carboxylic acid groups (broad SMARTS) is 1. The van der Waals surface area contributed by atoms with E-state index in [0.717, 1.165) is 19.3 Å². The third-order valence-corrected chi connectivity index (χ3v) is 9.72. The molecule has 2 saturated heterocycles. The van der Waals surface area contributed by atoms with E-state index in [1.54, 1.807) is 4.90 Å². The Kier molecular flexibility index (Phi) is 7.65. The van der Waals surface area contributed by atoms with Gasteiger partial charge >= 0.3 is 18.3 Å². The Balaban J connectivity index is 1.66. The number of piperazine rings is 1. The van der Waals surface area contributed by atoms with Gasteiger partial charge in [-0.3, -0.25) is 9.69 Å². The Hall–Kier alpha value is -2.70. The summed E-state index contributed by atoms with van der Waals surface area (Å²) in [5.41, 5.74) is -1.49. The number of ether oxygens (including phenoxy) is 1. The van der Waals surface area contributed by atoms with Crippen LogP contribution in [0.2, 0.25) is 0 Å². The van der Waals surface area contributed by atoms with Crippen molar-refractivity contribution in [1.29, 1.82) is 0 Å². The van der Waals surface area contributed by atoms with Crippen LogP contribution in [0.1, 0.15) is 76.1 Å². The predicted octanol–water partition coefficient (Wildman–Crippen LogP) is 6.98. The quantitative estimate of drug-likeness (QED) is 0.277. The molecule has 3 aliphatic rings. The molecule has 2 aromatic rings. The summed E-state index contributed by atoms with van der Waals surface area (Å²) in [6, 6.07) is 0.450. The van der Waals surface area contributed by atoms with Crippen LogP contribution in [0.4, 0.5) is 28.2 Å². The van der Waals surface area contributed by atoms with Crippen molar-refractivity contribution in [3.05, 3.63) is 21.9 Å². The highest BCUT2D eigenvalue weighted by molar-refractivity contribution is 9.10. The number of rotatable bonds is 5. The first-order valence-electron chi connectivity index (χ1n) is 13.8. The Labute approximate surface area is 243 Å². The van der Waals surface area contributed by atoms with Gasteiger partial charge in [-0.25, -0.2) is 9.18 Å². The third kappa shape index (κ3) is 5.34. The van der Waals surface area contributed by atoms with Crippen molar-refractivity contribution in [2.75, 3.05) is 24.6 Å². The van der Waals surface area contributed by atoms with Crippen LogP contribution in [0, 0.1) is 17.2 Å². The fraction of sp³-hybridized carbons (Fsp3) is 0.643. The molecule has 8 nitrogen and oxygen atoms in total. The van der Waals surface area contributed by atoms with Crippen LogP contribution in [-0.2, 0) is 0 Å². The van der Waals surface area contributed by atoms with Gasteiger partial charge in [0.1, 0.15) is 11.3 Å². The first kappa shape index (κ1) is 29.8. The normalized spacial score (nSPS) is 23.8. The molecule has 0 unspecified atom stereocenters. The van der Waals surface area contributed by atoms with E-state index in [2.05, 4.69) is 25.9 Å². The SMILES string of the molecule is CC(C)(C)[C@]12CC[C@@H](CN(c3nc(OCC(F)(F)F)nc4c(F)c(Br)c(C(=O)C5CCCCC5)cc34)C1)N2C(=O)O. The second-order valence-electron chi connectivity index (χ2n) is 12.4. The number of halogens is 5. The highest BCUT2D eigenvalue weighted by atomic mass is 79.9. The van der Waals surface area contributed by atoms with Crippen LogP contribution in [-0.4, -0.2) is 69.3 Å². The van der Waals surface area contributed by atoms with Crippen LogP contribution in [0.25, 0.3) is 10.9 Å². The molecule has 1 aliphatic carbocycles. The maximum atomic E-state index is 15.9. The second kappa shape index (κ2) is 10.5. The van der Waals surface area contributed by atoms with Crippen LogP contribution < -0.4 is 9.64 Å². The number of alkyl halides is 3. The molecule has 2 bridgehead atoms. The Morgan fingerprint density at radius 1 is 1.15 bits per heavy atom. The minimum atomic E-state index is -4.67. The maximum Gasteiger partial charge on any atom is 0.422 e. The van der Waals surface area contributed by atoms with E-state index in [1.807, 2.05) is 20.8 Å². The molecule has 1 amide bonds. The number of carbonyl (C=O) groups excluding carboxylic acids is 1. The zero-order valence-corrected chi connectivity index (χ0v) is 24.7. The average molecular weight is 645 g/mol. The number of benzene rings is 1. The van der Waals surface area contributed by atoms with Gasteiger partial charge in [0.25, 0.3) is 0 Å². The summed E-state index contributed by atoms with van der Waals surface area (Å²) < 4.78 is 59.7. The fourth-order valence-electron chi connectivity index (χ4n) is 6.83. The number of carbonyl (C=O) groups is 2. The van der Waals surface area contributed by atoms with Crippen LogP contribution in [0.5, 0.6) is 6.01 Å². The number of hydrogen-bond acceptors (Lipinski definition) is 6. The molecule has 2 atom stereocenters. The number of anilines is 1. The van der Waals surface area contributed by atoms with E-state index < -0.39 is 47.7 Å². The lowest BCUT2D eigenvalue weighted by Gasteiger charge is -2.54. The zero-order chi connectivity index (χ0) is 29.9.